The number of halogens is 3. The highest BCUT2D eigenvalue weighted by atomic mass is 32.1. The molecule has 0 unspecified atom stereocenters. The minimum absolute atomic E-state index is 0.172. The number of hydrogen-bond donors (Lipinski definition) is 1. The van der Waals surface area contributed by atoms with Crippen LogP contribution in [0.5, 0.6) is 0 Å². The second-order valence-electron chi connectivity index (χ2n) is 2.15. The molecular formula is C6H5F3N2O2S. The van der Waals surface area contributed by atoms with E-state index in [4.69, 9.17) is 0 Å². The highest BCUT2D eigenvalue weighted by Crippen LogP contribution is 2.32. The van der Waals surface area contributed by atoms with Gasteiger partial charge in [-0.2, -0.15) is 13.2 Å². The Morgan fingerprint density at radius 3 is 2.71 bits per heavy atom. The van der Waals surface area contributed by atoms with Crippen LogP contribution in [-0.2, 0) is 10.9 Å². The van der Waals surface area contributed by atoms with Crippen LogP contribution >= 0.6 is 11.3 Å². The average molecular weight is 226 g/mol. The van der Waals surface area contributed by atoms with Crippen molar-refractivity contribution in [1.82, 2.24) is 4.98 Å². The number of ether oxygens (including phenoxy) is 1. The average Bonchev–Trinajstić information content (AvgIpc) is 2.51. The molecule has 14 heavy (non-hydrogen) atoms. The molecule has 1 heterocycles. The SMILES string of the molecule is COC(=O)Nc1csc(C(F)(F)F)n1. The lowest BCUT2D eigenvalue weighted by molar-refractivity contribution is -0.137. The van der Waals surface area contributed by atoms with Gasteiger partial charge in [-0.15, -0.1) is 11.3 Å². The lowest BCUT2D eigenvalue weighted by Gasteiger charge is -2.00. The van der Waals surface area contributed by atoms with E-state index in [-0.39, 0.29) is 5.82 Å². The standard InChI is InChI=1S/C6H5F3N2O2S/c1-13-5(12)11-3-2-14-4(10-3)6(7,8)9/h2H,1H3,(H,11,12). The molecule has 0 spiro atoms. The van der Waals surface area contributed by atoms with Gasteiger partial charge in [-0.25, -0.2) is 9.78 Å². The minimum Gasteiger partial charge on any atom is -0.453 e. The van der Waals surface area contributed by atoms with Crippen LogP contribution in [0.3, 0.4) is 0 Å². The highest BCUT2D eigenvalue weighted by Gasteiger charge is 2.34. The molecule has 0 saturated carbocycles. The Labute approximate surface area is 80.7 Å². The maximum absolute atomic E-state index is 12.0. The van der Waals surface area contributed by atoms with Crippen LogP contribution in [0.2, 0.25) is 0 Å². The summed E-state index contributed by atoms with van der Waals surface area (Å²) in [6.45, 7) is 0. The fraction of sp³-hybridized carbons (Fsp3) is 0.333. The number of anilines is 1. The van der Waals surface area contributed by atoms with E-state index in [2.05, 4.69) is 9.72 Å². The second kappa shape index (κ2) is 3.82. The Hall–Kier alpha value is -1.31. The Bertz CT molecular complexity index is 336. The van der Waals surface area contributed by atoms with Gasteiger partial charge in [0.15, 0.2) is 5.01 Å². The molecular weight excluding hydrogens is 221 g/mol. The van der Waals surface area contributed by atoms with E-state index in [1.807, 2.05) is 5.32 Å². The van der Waals surface area contributed by atoms with Crippen LogP contribution in [0, 0.1) is 0 Å². The number of carbonyl (C=O) groups is 1. The van der Waals surface area contributed by atoms with Gasteiger partial charge in [0.05, 0.1) is 7.11 Å². The van der Waals surface area contributed by atoms with Gasteiger partial charge in [0, 0.05) is 5.38 Å². The Morgan fingerprint density at radius 1 is 1.64 bits per heavy atom. The molecule has 1 rings (SSSR count). The summed E-state index contributed by atoms with van der Waals surface area (Å²) in [5, 5.41) is 2.10. The fourth-order valence-electron chi connectivity index (χ4n) is 0.617. The number of alkyl halides is 3. The van der Waals surface area contributed by atoms with E-state index in [0.29, 0.717) is 11.3 Å². The molecule has 0 saturated heterocycles. The largest absolute Gasteiger partial charge is 0.453 e. The molecule has 4 nitrogen and oxygen atoms in total. The quantitative estimate of drug-likeness (QED) is 0.799. The fourth-order valence-corrected chi connectivity index (χ4v) is 1.24. The zero-order chi connectivity index (χ0) is 10.8. The van der Waals surface area contributed by atoms with Crippen LogP contribution in [0.1, 0.15) is 5.01 Å². The van der Waals surface area contributed by atoms with Crippen molar-refractivity contribution in [2.45, 2.75) is 6.18 Å². The van der Waals surface area contributed by atoms with E-state index in [0.717, 1.165) is 12.5 Å². The number of rotatable bonds is 1. The van der Waals surface area contributed by atoms with Crippen molar-refractivity contribution in [2.24, 2.45) is 0 Å². The molecule has 78 valence electrons. The molecule has 8 heteroatoms. The third kappa shape index (κ3) is 2.59. The van der Waals surface area contributed by atoms with Crippen molar-refractivity contribution in [3.05, 3.63) is 10.4 Å². The summed E-state index contributed by atoms with van der Waals surface area (Å²) in [5.74, 6) is -0.172. The first-order valence-corrected chi connectivity index (χ1v) is 4.19. The molecule has 0 bridgehead atoms. The Kier molecular flexibility index (Phi) is 2.94. The molecule has 1 aromatic rings. The maximum Gasteiger partial charge on any atom is 0.443 e. The van der Waals surface area contributed by atoms with E-state index < -0.39 is 17.3 Å². The molecule has 1 aromatic heterocycles. The third-order valence-electron chi connectivity index (χ3n) is 1.16. The highest BCUT2D eigenvalue weighted by molar-refractivity contribution is 7.10. The van der Waals surface area contributed by atoms with E-state index in [1.54, 1.807) is 0 Å². The zero-order valence-electron chi connectivity index (χ0n) is 6.88. The number of thiazole rings is 1. The molecule has 0 aliphatic heterocycles. The molecule has 1 N–H and O–H groups in total. The number of amides is 1. The molecule has 0 aliphatic rings. The van der Waals surface area contributed by atoms with E-state index in [1.165, 1.54) is 0 Å². The van der Waals surface area contributed by atoms with Gasteiger partial charge in [-0.05, 0) is 0 Å². The van der Waals surface area contributed by atoms with Gasteiger partial charge < -0.3 is 4.74 Å². The number of nitrogens with zero attached hydrogens (tertiary/aromatic N) is 1. The molecule has 0 fully saturated rings. The van der Waals surface area contributed by atoms with Crippen LogP contribution in [-0.4, -0.2) is 18.2 Å². The maximum atomic E-state index is 12.0. The van der Waals surface area contributed by atoms with Crippen LogP contribution < -0.4 is 5.32 Å². The molecule has 0 atom stereocenters. The molecule has 0 aliphatic carbocycles. The number of nitrogens with one attached hydrogen (secondary N) is 1. The summed E-state index contributed by atoms with van der Waals surface area (Å²) in [7, 11) is 1.10. The summed E-state index contributed by atoms with van der Waals surface area (Å²) >= 11 is 0.403. The molecule has 0 radical (unpaired) electrons. The number of hydrogen-bond acceptors (Lipinski definition) is 4. The first-order chi connectivity index (χ1) is 6.43. The molecule has 1 amide bonds. The van der Waals surface area contributed by atoms with Crippen molar-refractivity contribution >= 4 is 23.2 Å². The van der Waals surface area contributed by atoms with Crippen LogP contribution in [0.4, 0.5) is 23.8 Å². The smallest absolute Gasteiger partial charge is 0.443 e. The topological polar surface area (TPSA) is 51.2 Å². The summed E-state index contributed by atoms with van der Waals surface area (Å²) in [5.41, 5.74) is 0. The third-order valence-corrected chi connectivity index (χ3v) is 2.05. The van der Waals surface area contributed by atoms with Gasteiger partial charge in [0.25, 0.3) is 0 Å². The predicted octanol–water partition coefficient (Wildman–Crippen LogP) is 2.34. The number of methoxy groups -OCH3 is 1. The van der Waals surface area contributed by atoms with E-state index in [9.17, 15) is 18.0 Å². The van der Waals surface area contributed by atoms with Gasteiger partial charge in [0.2, 0.25) is 0 Å². The monoisotopic (exact) mass is 226 g/mol. The second-order valence-corrected chi connectivity index (χ2v) is 3.01. The van der Waals surface area contributed by atoms with Crippen LogP contribution in [0.25, 0.3) is 0 Å². The first-order valence-electron chi connectivity index (χ1n) is 3.31. The Morgan fingerprint density at radius 2 is 2.29 bits per heavy atom. The van der Waals surface area contributed by atoms with Crippen molar-refractivity contribution in [1.29, 1.82) is 0 Å². The summed E-state index contributed by atoms with van der Waals surface area (Å²) < 4.78 is 40.3. The lowest BCUT2D eigenvalue weighted by atomic mass is 10.7. The van der Waals surface area contributed by atoms with E-state index >= 15 is 0 Å². The summed E-state index contributed by atoms with van der Waals surface area (Å²) in [6, 6.07) is 0. The summed E-state index contributed by atoms with van der Waals surface area (Å²) in [4.78, 5) is 13.7. The van der Waals surface area contributed by atoms with Crippen LogP contribution in [0.15, 0.2) is 5.38 Å². The van der Waals surface area contributed by atoms with Gasteiger partial charge in [-0.3, -0.25) is 5.32 Å². The summed E-state index contributed by atoms with van der Waals surface area (Å²) in [6.07, 6.45) is -5.34. The normalized spacial score (nSPS) is 11.1. The van der Waals surface area contributed by atoms with Crippen molar-refractivity contribution in [3.63, 3.8) is 0 Å². The van der Waals surface area contributed by atoms with Crippen molar-refractivity contribution in [3.8, 4) is 0 Å². The van der Waals surface area contributed by atoms with Crippen molar-refractivity contribution in [2.75, 3.05) is 12.4 Å². The van der Waals surface area contributed by atoms with Gasteiger partial charge >= 0.3 is 12.3 Å². The minimum atomic E-state index is -4.49. The van der Waals surface area contributed by atoms with Crippen molar-refractivity contribution < 1.29 is 22.7 Å². The number of carbonyl (C=O) groups excluding carboxylic acids is 1. The predicted molar refractivity (Wildman–Crippen MR) is 43.1 cm³/mol. The Balaban J connectivity index is 2.74. The van der Waals surface area contributed by atoms with Gasteiger partial charge in [-0.1, -0.05) is 0 Å². The lowest BCUT2D eigenvalue weighted by Crippen LogP contribution is -2.12. The first kappa shape index (κ1) is 10.8. The number of aromatic nitrogens is 1. The van der Waals surface area contributed by atoms with Gasteiger partial charge in [0.1, 0.15) is 5.82 Å². The zero-order valence-corrected chi connectivity index (χ0v) is 7.70. The molecule has 0 aromatic carbocycles.